The molecule has 3 rings (SSSR count). The lowest BCUT2D eigenvalue weighted by Gasteiger charge is -2.03. The lowest BCUT2D eigenvalue weighted by molar-refractivity contribution is 0.0696. The first kappa shape index (κ1) is 17.0. The highest BCUT2D eigenvalue weighted by atomic mass is 32.2. The molecule has 0 aliphatic carbocycles. The summed E-state index contributed by atoms with van der Waals surface area (Å²) in [5, 5.41) is 17.0. The normalized spacial score (nSPS) is 10.6. The first-order valence-electron chi connectivity index (χ1n) is 7.26. The zero-order valence-corrected chi connectivity index (χ0v) is 13.7. The van der Waals surface area contributed by atoms with E-state index in [-0.39, 0.29) is 23.8 Å². The first-order chi connectivity index (χ1) is 12.1. The Balaban J connectivity index is 1.56. The van der Waals surface area contributed by atoms with E-state index in [1.54, 1.807) is 24.3 Å². The molecule has 128 valence electrons. The van der Waals surface area contributed by atoms with Crippen LogP contribution in [0.5, 0.6) is 5.75 Å². The van der Waals surface area contributed by atoms with Crippen LogP contribution in [0.4, 0.5) is 4.39 Å². The van der Waals surface area contributed by atoms with Crippen LogP contribution in [-0.2, 0) is 12.4 Å². The van der Waals surface area contributed by atoms with Gasteiger partial charge in [-0.25, -0.2) is 9.18 Å². The molecular formula is C17H13FN2O4S. The summed E-state index contributed by atoms with van der Waals surface area (Å²) in [6, 6.07) is 12.7. The third-order valence-corrected chi connectivity index (χ3v) is 4.06. The Labute approximate surface area is 146 Å². The molecule has 0 saturated heterocycles. The Hall–Kier alpha value is -2.87. The van der Waals surface area contributed by atoms with Gasteiger partial charge in [0.2, 0.25) is 0 Å². The summed E-state index contributed by atoms with van der Waals surface area (Å²) in [5.41, 5.74) is 1.05. The van der Waals surface area contributed by atoms with Crippen molar-refractivity contribution in [3.05, 3.63) is 71.4 Å². The molecule has 0 amide bonds. The second-order valence-corrected chi connectivity index (χ2v) is 5.90. The molecule has 0 fully saturated rings. The van der Waals surface area contributed by atoms with Crippen molar-refractivity contribution in [3.8, 4) is 5.75 Å². The van der Waals surface area contributed by atoms with Crippen LogP contribution in [-0.4, -0.2) is 21.3 Å². The van der Waals surface area contributed by atoms with Crippen molar-refractivity contribution >= 4 is 17.7 Å². The minimum absolute atomic E-state index is 0.0387. The molecule has 3 aromatic rings. The van der Waals surface area contributed by atoms with Gasteiger partial charge in [-0.15, -0.1) is 10.2 Å². The van der Waals surface area contributed by atoms with E-state index in [9.17, 15) is 9.18 Å². The predicted molar refractivity (Wildman–Crippen MR) is 88.0 cm³/mol. The number of carboxylic acid groups (broad SMARTS) is 1. The highest BCUT2D eigenvalue weighted by Crippen LogP contribution is 2.23. The van der Waals surface area contributed by atoms with E-state index in [4.69, 9.17) is 14.3 Å². The van der Waals surface area contributed by atoms with E-state index >= 15 is 0 Å². The molecule has 1 N–H and O–H groups in total. The van der Waals surface area contributed by atoms with E-state index in [1.807, 2.05) is 6.07 Å². The molecule has 0 atom stereocenters. The van der Waals surface area contributed by atoms with Crippen molar-refractivity contribution in [2.45, 2.75) is 17.6 Å². The van der Waals surface area contributed by atoms with Crippen molar-refractivity contribution in [1.82, 2.24) is 10.2 Å². The molecular weight excluding hydrogens is 347 g/mol. The van der Waals surface area contributed by atoms with Gasteiger partial charge in [-0.1, -0.05) is 36.0 Å². The number of hydrogen-bond acceptors (Lipinski definition) is 6. The van der Waals surface area contributed by atoms with Crippen molar-refractivity contribution < 1.29 is 23.4 Å². The van der Waals surface area contributed by atoms with Gasteiger partial charge in [-0.05, 0) is 29.8 Å². The highest BCUT2D eigenvalue weighted by Gasteiger charge is 2.10. The zero-order valence-electron chi connectivity index (χ0n) is 12.9. The minimum Gasteiger partial charge on any atom is -0.481 e. The quantitative estimate of drug-likeness (QED) is 0.642. The smallest absolute Gasteiger partial charge is 0.335 e. The Morgan fingerprint density at radius 1 is 1.20 bits per heavy atom. The number of para-hydroxylation sites is 1. The standard InChI is InChI=1S/C17H13FN2O4S/c18-13-6-1-2-7-14(13)23-9-15-19-20-17(24-15)25-10-11-4-3-5-12(8-11)16(21)22/h1-8H,9-10H2,(H,21,22). The number of nitrogens with zero attached hydrogens (tertiary/aromatic N) is 2. The minimum atomic E-state index is -0.975. The molecule has 0 saturated carbocycles. The summed E-state index contributed by atoms with van der Waals surface area (Å²) in [6.45, 7) is -0.0387. The maximum atomic E-state index is 13.5. The van der Waals surface area contributed by atoms with Gasteiger partial charge in [0.25, 0.3) is 11.1 Å². The van der Waals surface area contributed by atoms with Gasteiger partial charge in [-0.2, -0.15) is 0 Å². The number of carboxylic acids is 1. The maximum absolute atomic E-state index is 13.5. The molecule has 1 aromatic heterocycles. The second-order valence-electron chi connectivity index (χ2n) is 4.98. The van der Waals surface area contributed by atoms with Crippen molar-refractivity contribution in [1.29, 1.82) is 0 Å². The van der Waals surface area contributed by atoms with Gasteiger partial charge in [0.1, 0.15) is 0 Å². The summed E-state index contributed by atoms with van der Waals surface area (Å²) in [5.74, 6) is -0.616. The van der Waals surface area contributed by atoms with Gasteiger partial charge in [-0.3, -0.25) is 0 Å². The number of ether oxygens (including phenoxy) is 1. The molecule has 0 radical (unpaired) electrons. The fourth-order valence-electron chi connectivity index (χ4n) is 2.00. The van der Waals surface area contributed by atoms with Gasteiger partial charge in [0.15, 0.2) is 18.2 Å². The maximum Gasteiger partial charge on any atom is 0.335 e. The van der Waals surface area contributed by atoms with Crippen LogP contribution in [0.2, 0.25) is 0 Å². The van der Waals surface area contributed by atoms with Crippen LogP contribution in [0.1, 0.15) is 21.8 Å². The van der Waals surface area contributed by atoms with E-state index in [1.165, 1.54) is 30.0 Å². The van der Waals surface area contributed by atoms with Gasteiger partial charge >= 0.3 is 5.97 Å². The average Bonchev–Trinajstić information content (AvgIpc) is 3.07. The number of rotatable bonds is 7. The fraction of sp³-hybridized carbons (Fsp3) is 0.118. The van der Waals surface area contributed by atoms with Crippen molar-refractivity contribution in [2.24, 2.45) is 0 Å². The van der Waals surface area contributed by atoms with Gasteiger partial charge < -0.3 is 14.3 Å². The van der Waals surface area contributed by atoms with Crippen LogP contribution in [0.15, 0.2) is 58.2 Å². The van der Waals surface area contributed by atoms with Crippen LogP contribution < -0.4 is 4.74 Å². The first-order valence-corrected chi connectivity index (χ1v) is 8.25. The molecule has 0 unspecified atom stereocenters. The number of aromatic nitrogens is 2. The monoisotopic (exact) mass is 360 g/mol. The third-order valence-electron chi connectivity index (χ3n) is 3.17. The molecule has 0 bridgehead atoms. The predicted octanol–water partition coefficient (Wildman–Crippen LogP) is 3.78. The van der Waals surface area contributed by atoms with Crippen LogP contribution in [0, 0.1) is 5.82 Å². The zero-order chi connectivity index (χ0) is 17.6. The van der Waals surface area contributed by atoms with Gasteiger partial charge in [0, 0.05) is 5.75 Å². The lowest BCUT2D eigenvalue weighted by Crippen LogP contribution is -1.97. The molecule has 25 heavy (non-hydrogen) atoms. The van der Waals surface area contributed by atoms with Crippen LogP contribution in [0.25, 0.3) is 0 Å². The Morgan fingerprint density at radius 2 is 2.04 bits per heavy atom. The molecule has 1 heterocycles. The number of benzene rings is 2. The SMILES string of the molecule is O=C(O)c1cccc(CSc2nnc(COc3ccccc3F)o2)c1. The van der Waals surface area contributed by atoms with Crippen molar-refractivity contribution in [3.63, 3.8) is 0 Å². The van der Waals surface area contributed by atoms with Crippen molar-refractivity contribution in [2.75, 3.05) is 0 Å². The molecule has 6 nitrogen and oxygen atoms in total. The Kier molecular flexibility index (Phi) is 5.30. The summed E-state index contributed by atoms with van der Waals surface area (Å²) < 4.78 is 24.2. The number of thioether (sulfide) groups is 1. The summed E-state index contributed by atoms with van der Waals surface area (Å²) in [7, 11) is 0. The van der Waals surface area contributed by atoms with E-state index < -0.39 is 11.8 Å². The van der Waals surface area contributed by atoms with Gasteiger partial charge in [0.05, 0.1) is 5.56 Å². The fourth-order valence-corrected chi connectivity index (χ4v) is 2.72. The average molecular weight is 360 g/mol. The molecule has 8 heteroatoms. The largest absolute Gasteiger partial charge is 0.481 e. The lowest BCUT2D eigenvalue weighted by atomic mass is 10.1. The number of carbonyl (C=O) groups is 1. The topological polar surface area (TPSA) is 85.5 Å². The highest BCUT2D eigenvalue weighted by molar-refractivity contribution is 7.98. The number of aromatic carboxylic acids is 1. The Morgan fingerprint density at radius 3 is 2.84 bits per heavy atom. The summed E-state index contributed by atoms with van der Waals surface area (Å²) in [4.78, 5) is 11.0. The van der Waals surface area contributed by atoms with E-state index in [0.717, 1.165) is 5.56 Å². The molecule has 0 aliphatic rings. The van der Waals surface area contributed by atoms with Crippen LogP contribution in [0.3, 0.4) is 0 Å². The van der Waals surface area contributed by atoms with Crippen LogP contribution >= 0.6 is 11.8 Å². The third kappa shape index (κ3) is 4.57. The number of halogens is 1. The summed E-state index contributed by atoms with van der Waals surface area (Å²) in [6.07, 6.45) is 0. The second kappa shape index (κ2) is 7.80. The van der Waals surface area contributed by atoms with E-state index in [0.29, 0.717) is 11.0 Å². The molecule has 2 aromatic carbocycles. The Bertz CT molecular complexity index is 884. The molecule has 0 aliphatic heterocycles. The number of hydrogen-bond donors (Lipinski definition) is 1. The molecule has 0 spiro atoms. The van der Waals surface area contributed by atoms with E-state index in [2.05, 4.69) is 10.2 Å². The summed E-state index contributed by atoms with van der Waals surface area (Å²) >= 11 is 1.28.